The highest BCUT2D eigenvalue weighted by atomic mass is 13.9. The third-order valence-corrected chi connectivity index (χ3v) is 2.09. The van der Waals surface area contributed by atoms with E-state index in [1.54, 1.807) is 0 Å². The van der Waals surface area contributed by atoms with E-state index in [1.165, 1.54) is 57.8 Å². The van der Waals surface area contributed by atoms with Gasteiger partial charge in [-0.1, -0.05) is 342 Å². The van der Waals surface area contributed by atoms with Gasteiger partial charge in [-0.2, -0.15) is 0 Å². The topological polar surface area (TPSA) is 0 Å². The van der Waals surface area contributed by atoms with Crippen molar-refractivity contribution in [2.24, 2.45) is 5.92 Å². The summed E-state index contributed by atoms with van der Waals surface area (Å²) in [5, 5.41) is 0. The number of unbranched alkanes of at least 4 members (excludes halogenated alkanes) is 4. The number of rotatable bonds is 6. The molecule has 0 heteroatoms. The van der Waals surface area contributed by atoms with Crippen molar-refractivity contribution in [1.29, 1.82) is 0 Å². The molecule has 346 valence electrons. The standard InChI is InChI=1S/C7H16.C6H14.2C3H8.16C2H6/c1-4-5-6-7(2)3;1-3-5-6-4-2;2*1-3-2;16*1-2/h7H,4-6H2,1-3H3;3-6H2,1-2H3;2*3H2,1-2H3;16*1-2H3. The lowest BCUT2D eigenvalue weighted by Gasteiger charge is -1.98. The molecule has 0 fully saturated rings. The van der Waals surface area contributed by atoms with Gasteiger partial charge in [0.25, 0.3) is 0 Å². The fourth-order valence-corrected chi connectivity index (χ4v) is 1.11. The summed E-state index contributed by atoms with van der Waals surface area (Å²) in [7, 11) is 0. The fourth-order valence-electron chi connectivity index (χ4n) is 1.11. The summed E-state index contributed by atoms with van der Waals surface area (Å²) >= 11 is 0. The zero-order chi connectivity index (χ0) is 47.9. The molecule has 0 nitrogen and oxygen atoms in total. The van der Waals surface area contributed by atoms with Crippen molar-refractivity contribution < 1.29 is 0 Å². The van der Waals surface area contributed by atoms with Crippen LogP contribution in [0.4, 0.5) is 0 Å². The molecule has 51 heavy (non-hydrogen) atoms. The molecule has 0 atom stereocenters. The third kappa shape index (κ3) is 2350. The van der Waals surface area contributed by atoms with E-state index in [0.717, 1.165) is 5.92 Å². The van der Waals surface area contributed by atoms with Crippen LogP contribution in [0.3, 0.4) is 0 Å². The van der Waals surface area contributed by atoms with Crippen molar-refractivity contribution in [3.63, 3.8) is 0 Å². The van der Waals surface area contributed by atoms with Gasteiger partial charge in [0.1, 0.15) is 0 Å². The Kier molecular flexibility index (Phi) is 2170. The minimum atomic E-state index is 0.903. The molecule has 0 heterocycles. The Labute approximate surface area is 346 Å². The molecule has 0 aliphatic heterocycles. The average Bonchev–Trinajstić information content (AvgIpc) is 3.28. The van der Waals surface area contributed by atoms with Gasteiger partial charge in [-0.3, -0.25) is 0 Å². The van der Waals surface area contributed by atoms with Gasteiger partial charge in [-0.25, -0.2) is 0 Å². The summed E-state index contributed by atoms with van der Waals surface area (Å²) in [6.45, 7) is 83.7. The summed E-state index contributed by atoms with van der Waals surface area (Å²) in [6.07, 6.45) is 12.2. The van der Waals surface area contributed by atoms with E-state index >= 15 is 0 Å². The SMILES string of the molecule is CC.CC.CC.CC.CC.CC.CC.CC.CC.CC.CC.CC.CC.CC.CC.CC.CCC.CCC.CCCCC(C)C.CCCCCC. The molecule has 0 unspecified atom stereocenters. The van der Waals surface area contributed by atoms with Crippen molar-refractivity contribution in [1.82, 2.24) is 0 Å². The summed E-state index contributed by atoms with van der Waals surface area (Å²) in [5.41, 5.74) is 0. The predicted molar refractivity (Wildman–Crippen MR) is 278 cm³/mol. The van der Waals surface area contributed by atoms with E-state index in [4.69, 9.17) is 0 Å². The second kappa shape index (κ2) is 834. The van der Waals surface area contributed by atoms with Gasteiger partial charge >= 0.3 is 0 Å². The van der Waals surface area contributed by atoms with Crippen LogP contribution in [0.1, 0.15) is 342 Å². The summed E-state index contributed by atoms with van der Waals surface area (Å²) < 4.78 is 0. The van der Waals surface area contributed by atoms with Crippen molar-refractivity contribution >= 4 is 0 Å². The van der Waals surface area contributed by atoms with Crippen molar-refractivity contribution in [2.45, 2.75) is 342 Å². The van der Waals surface area contributed by atoms with Crippen LogP contribution in [0.25, 0.3) is 0 Å². The van der Waals surface area contributed by atoms with Crippen molar-refractivity contribution in [3.8, 4) is 0 Å². The maximum atomic E-state index is 2.27. The molecule has 0 saturated heterocycles. The van der Waals surface area contributed by atoms with Gasteiger partial charge in [0.05, 0.1) is 0 Å². The first-order valence-corrected chi connectivity index (χ1v) is 25.0. The number of hydrogen-bond acceptors (Lipinski definition) is 0. The summed E-state index contributed by atoms with van der Waals surface area (Å²) in [4.78, 5) is 0. The highest BCUT2D eigenvalue weighted by Gasteiger charge is 1.88. The van der Waals surface area contributed by atoms with Gasteiger partial charge in [0.15, 0.2) is 0 Å². The summed E-state index contributed by atoms with van der Waals surface area (Å²) in [5.74, 6) is 0.903. The van der Waals surface area contributed by atoms with Crippen LogP contribution in [0.2, 0.25) is 0 Å². The van der Waals surface area contributed by atoms with E-state index in [2.05, 4.69) is 62.3 Å². The lowest BCUT2D eigenvalue weighted by Crippen LogP contribution is -1.83. The second-order valence-corrected chi connectivity index (χ2v) is 5.66. The van der Waals surface area contributed by atoms with Crippen LogP contribution in [0.15, 0.2) is 0 Å². The van der Waals surface area contributed by atoms with Gasteiger partial charge in [0.2, 0.25) is 0 Å². The van der Waals surface area contributed by atoms with Crippen LogP contribution in [0, 0.1) is 5.92 Å². The molecule has 0 radical (unpaired) electrons. The molecule has 0 N–H and O–H groups in total. The molecule has 0 rings (SSSR count). The lowest BCUT2D eigenvalue weighted by molar-refractivity contribution is 0.550. The first kappa shape index (κ1) is 133. The second-order valence-electron chi connectivity index (χ2n) is 5.66. The van der Waals surface area contributed by atoms with E-state index in [1.807, 2.05) is 222 Å². The lowest BCUT2D eigenvalue weighted by atomic mass is 10.1. The highest BCUT2D eigenvalue weighted by Crippen LogP contribution is 2.04. The summed E-state index contributed by atoms with van der Waals surface area (Å²) in [6, 6.07) is 0. The Morgan fingerprint density at radius 1 is 0.216 bits per heavy atom. The van der Waals surface area contributed by atoms with E-state index in [9.17, 15) is 0 Å². The van der Waals surface area contributed by atoms with Crippen LogP contribution < -0.4 is 0 Å². The number of hydrogen-bond donors (Lipinski definition) is 0. The fraction of sp³-hybridized carbons (Fsp3) is 1.00. The molecule has 0 spiro atoms. The molecule has 0 aromatic rings. The van der Waals surface area contributed by atoms with Gasteiger partial charge in [0, 0.05) is 0 Å². The predicted octanol–water partition coefficient (Wildman–Crippen LogP) is 24.7. The molecule has 0 saturated carbocycles. The Balaban J connectivity index is -0.0000000113. The molecule has 0 amide bonds. The Morgan fingerprint density at radius 3 is 0.353 bits per heavy atom. The maximum Gasteiger partial charge on any atom is -0.0471 e. The van der Waals surface area contributed by atoms with Gasteiger partial charge in [-0.15, -0.1) is 0 Å². The van der Waals surface area contributed by atoms with Crippen molar-refractivity contribution in [3.05, 3.63) is 0 Å². The quantitative estimate of drug-likeness (QED) is 0.237. The van der Waals surface area contributed by atoms with Gasteiger partial charge < -0.3 is 0 Å². The molecule has 0 aliphatic carbocycles. The van der Waals surface area contributed by atoms with Gasteiger partial charge in [-0.05, 0) is 5.92 Å². The van der Waals surface area contributed by atoms with E-state index < -0.39 is 0 Å². The minimum absolute atomic E-state index is 0.903. The smallest absolute Gasteiger partial charge is 0.0471 e. The van der Waals surface area contributed by atoms with Crippen LogP contribution in [0.5, 0.6) is 0 Å². The van der Waals surface area contributed by atoms with Crippen LogP contribution in [-0.2, 0) is 0 Å². The van der Waals surface area contributed by atoms with Crippen LogP contribution >= 0.6 is 0 Å². The average molecular weight is 756 g/mol. The molecule has 0 aromatic carbocycles. The largest absolute Gasteiger partial charge is 0.0683 e. The minimum Gasteiger partial charge on any atom is -0.0683 e. The Bertz CT molecular complexity index is 78.0. The molecular formula is C51H142. The monoisotopic (exact) mass is 755 g/mol. The third-order valence-electron chi connectivity index (χ3n) is 2.09. The van der Waals surface area contributed by atoms with Crippen molar-refractivity contribution in [2.75, 3.05) is 0 Å². The Hall–Kier alpha value is 0. The molecular weight excluding hydrogens is 613 g/mol. The maximum absolute atomic E-state index is 2.27. The highest BCUT2D eigenvalue weighted by molar-refractivity contribution is 4.42. The normalized spacial score (nSPS) is 5.06. The Morgan fingerprint density at radius 2 is 0.314 bits per heavy atom. The van der Waals surface area contributed by atoms with E-state index in [0.29, 0.717) is 0 Å². The zero-order valence-corrected chi connectivity index (χ0v) is 47.9. The molecule has 0 aromatic heterocycles. The first-order chi connectivity index (χ1) is 25.0. The first-order valence-electron chi connectivity index (χ1n) is 25.0. The van der Waals surface area contributed by atoms with E-state index in [-0.39, 0.29) is 0 Å². The zero-order valence-electron chi connectivity index (χ0n) is 47.9. The molecule has 0 bridgehead atoms. The molecule has 0 aliphatic rings. The van der Waals surface area contributed by atoms with Crippen LogP contribution in [-0.4, -0.2) is 0 Å².